The molecule has 1 fully saturated rings. The van der Waals surface area contributed by atoms with Crippen molar-refractivity contribution in [2.24, 2.45) is 5.92 Å². The summed E-state index contributed by atoms with van der Waals surface area (Å²) in [5.74, 6) is 1.27. The van der Waals surface area contributed by atoms with Crippen molar-refractivity contribution in [3.8, 4) is 0 Å². The van der Waals surface area contributed by atoms with Gasteiger partial charge in [0.2, 0.25) is 0 Å². The third-order valence-electron chi connectivity index (χ3n) is 3.97. The van der Waals surface area contributed by atoms with Crippen LogP contribution in [0.1, 0.15) is 43.6 Å². The fourth-order valence-corrected chi connectivity index (χ4v) is 3.04. The van der Waals surface area contributed by atoms with Crippen molar-refractivity contribution in [3.05, 3.63) is 35.6 Å². The van der Waals surface area contributed by atoms with Crippen LogP contribution in [0.2, 0.25) is 0 Å². The molecule has 0 heterocycles. The lowest BCUT2D eigenvalue weighted by Crippen LogP contribution is -2.17. The standard InChI is InChI=1S/C15H22FN/c1-17-11-10-15(12-4-2-3-5-12)13-6-8-14(16)9-7-13/h6-9,12,15,17H,2-5,10-11H2,1H3. The first-order valence-electron chi connectivity index (χ1n) is 6.71. The van der Waals surface area contributed by atoms with Gasteiger partial charge in [0, 0.05) is 0 Å². The highest BCUT2D eigenvalue weighted by Crippen LogP contribution is 2.39. The van der Waals surface area contributed by atoms with Crippen molar-refractivity contribution in [2.75, 3.05) is 13.6 Å². The zero-order valence-electron chi connectivity index (χ0n) is 10.6. The van der Waals surface area contributed by atoms with Gasteiger partial charge in [-0.3, -0.25) is 0 Å². The number of hydrogen-bond donors (Lipinski definition) is 1. The van der Waals surface area contributed by atoms with Crippen LogP contribution in [0.5, 0.6) is 0 Å². The van der Waals surface area contributed by atoms with Crippen LogP contribution in [0.25, 0.3) is 0 Å². The molecule has 1 aliphatic rings. The Morgan fingerprint density at radius 3 is 2.47 bits per heavy atom. The molecule has 2 rings (SSSR count). The fraction of sp³-hybridized carbons (Fsp3) is 0.600. The van der Waals surface area contributed by atoms with E-state index in [0.29, 0.717) is 5.92 Å². The first-order valence-corrected chi connectivity index (χ1v) is 6.71. The topological polar surface area (TPSA) is 12.0 Å². The van der Waals surface area contributed by atoms with Crippen LogP contribution in [0.15, 0.2) is 24.3 Å². The van der Waals surface area contributed by atoms with Gasteiger partial charge in [-0.2, -0.15) is 0 Å². The van der Waals surface area contributed by atoms with Crippen molar-refractivity contribution in [2.45, 2.75) is 38.0 Å². The SMILES string of the molecule is CNCCC(c1ccc(F)cc1)C1CCCC1. The lowest BCUT2D eigenvalue weighted by atomic mass is 9.82. The van der Waals surface area contributed by atoms with Gasteiger partial charge in [-0.05, 0) is 62.4 Å². The lowest BCUT2D eigenvalue weighted by Gasteiger charge is -2.24. The lowest BCUT2D eigenvalue weighted by molar-refractivity contribution is 0.407. The summed E-state index contributed by atoms with van der Waals surface area (Å²) in [5.41, 5.74) is 1.31. The summed E-state index contributed by atoms with van der Waals surface area (Å²) in [6.45, 7) is 1.04. The van der Waals surface area contributed by atoms with E-state index in [1.165, 1.54) is 31.2 Å². The maximum atomic E-state index is 13.0. The number of hydrogen-bond acceptors (Lipinski definition) is 1. The molecule has 1 atom stereocenters. The van der Waals surface area contributed by atoms with Crippen LogP contribution in [-0.2, 0) is 0 Å². The van der Waals surface area contributed by atoms with Gasteiger partial charge in [-0.1, -0.05) is 25.0 Å². The summed E-state index contributed by atoms with van der Waals surface area (Å²) in [5, 5.41) is 3.23. The Bertz CT molecular complexity index is 327. The predicted molar refractivity (Wildman–Crippen MR) is 69.6 cm³/mol. The van der Waals surface area contributed by atoms with Crippen molar-refractivity contribution in [3.63, 3.8) is 0 Å². The van der Waals surface area contributed by atoms with Crippen molar-refractivity contribution in [1.82, 2.24) is 5.32 Å². The van der Waals surface area contributed by atoms with Crippen molar-refractivity contribution in [1.29, 1.82) is 0 Å². The highest BCUT2D eigenvalue weighted by molar-refractivity contribution is 5.21. The summed E-state index contributed by atoms with van der Waals surface area (Å²) in [7, 11) is 2.00. The summed E-state index contributed by atoms with van der Waals surface area (Å²) in [6, 6.07) is 7.12. The summed E-state index contributed by atoms with van der Waals surface area (Å²) < 4.78 is 13.0. The van der Waals surface area contributed by atoms with E-state index in [0.717, 1.165) is 18.9 Å². The first-order chi connectivity index (χ1) is 8.31. The Hall–Kier alpha value is -0.890. The van der Waals surface area contributed by atoms with Gasteiger partial charge in [-0.15, -0.1) is 0 Å². The van der Waals surface area contributed by atoms with Gasteiger partial charge in [0.05, 0.1) is 0 Å². The molecule has 0 amide bonds. The largest absolute Gasteiger partial charge is 0.320 e. The number of benzene rings is 1. The third-order valence-corrected chi connectivity index (χ3v) is 3.97. The van der Waals surface area contributed by atoms with E-state index in [2.05, 4.69) is 5.32 Å². The molecule has 0 radical (unpaired) electrons. The molecule has 1 aromatic carbocycles. The number of halogens is 1. The van der Waals surface area contributed by atoms with Crippen LogP contribution >= 0.6 is 0 Å². The van der Waals surface area contributed by atoms with E-state index in [-0.39, 0.29) is 5.82 Å². The molecule has 2 heteroatoms. The molecule has 0 spiro atoms. The second kappa shape index (κ2) is 6.15. The van der Waals surface area contributed by atoms with Crippen LogP contribution < -0.4 is 5.32 Å². The quantitative estimate of drug-likeness (QED) is 0.820. The minimum absolute atomic E-state index is 0.132. The molecule has 94 valence electrons. The molecular formula is C15H22FN. The predicted octanol–water partition coefficient (Wildman–Crippen LogP) is 3.71. The zero-order valence-corrected chi connectivity index (χ0v) is 10.6. The molecule has 0 aliphatic heterocycles. The van der Waals surface area contributed by atoms with Gasteiger partial charge in [-0.25, -0.2) is 4.39 Å². The highest BCUT2D eigenvalue weighted by Gasteiger charge is 2.25. The average molecular weight is 235 g/mol. The van der Waals surface area contributed by atoms with Crippen LogP contribution in [0.4, 0.5) is 4.39 Å². The summed E-state index contributed by atoms with van der Waals surface area (Å²) in [4.78, 5) is 0. The van der Waals surface area contributed by atoms with Crippen LogP contribution in [-0.4, -0.2) is 13.6 Å². The zero-order chi connectivity index (χ0) is 12.1. The Balaban J connectivity index is 2.10. The smallest absolute Gasteiger partial charge is 0.123 e. The second-order valence-corrected chi connectivity index (χ2v) is 5.09. The van der Waals surface area contributed by atoms with E-state index >= 15 is 0 Å². The second-order valence-electron chi connectivity index (χ2n) is 5.09. The Morgan fingerprint density at radius 1 is 1.24 bits per heavy atom. The molecule has 1 saturated carbocycles. The maximum absolute atomic E-state index is 13.0. The Kier molecular flexibility index (Phi) is 4.55. The molecule has 1 aliphatic carbocycles. The van der Waals surface area contributed by atoms with Gasteiger partial charge in [0.15, 0.2) is 0 Å². The molecule has 1 N–H and O–H groups in total. The van der Waals surface area contributed by atoms with Gasteiger partial charge < -0.3 is 5.32 Å². The number of nitrogens with one attached hydrogen (secondary N) is 1. The van der Waals surface area contributed by atoms with E-state index in [1.807, 2.05) is 19.2 Å². The molecule has 17 heavy (non-hydrogen) atoms. The molecular weight excluding hydrogens is 213 g/mol. The van der Waals surface area contributed by atoms with E-state index < -0.39 is 0 Å². The average Bonchev–Trinajstić information content (AvgIpc) is 2.85. The third kappa shape index (κ3) is 3.29. The Labute approximate surface area is 103 Å². The monoisotopic (exact) mass is 235 g/mol. The molecule has 1 aromatic rings. The van der Waals surface area contributed by atoms with Crippen LogP contribution in [0, 0.1) is 11.7 Å². The molecule has 1 nitrogen and oxygen atoms in total. The van der Waals surface area contributed by atoms with Gasteiger partial charge in [0.1, 0.15) is 5.82 Å². The Morgan fingerprint density at radius 2 is 1.88 bits per heavy atom. The summed E-state index contributed by atoms with van der Waals surface area (Å²) in [6.07, 6.45) is 6.56. The fourth-order valence-electron chi connectivity index (χ4n) is 3.04. The van der Waals surface area contributed by atoms with Gasteiger partial charge >= 0.3 is 0 Å². The highest BCUT2D eigenvalue weighted by atomic mass is 19.1. The van der Waals surface area contributed by atoms with Gasteiger partial charge in [0.25, 0.3) is 0 Å². The minimum atomic E-state index is -0.132. The molecule has 0 saturated heterocycles. The first kappa shape index (κ1) is 12.6. The van der Waals surface area contributed by atoms with E-state index in [4.69, 9.17) is 0 Å². The van der Waals surface area contributed by atoms with Crippen molar-refractivity contribution >= 4 is 0 Å². The summed E-state index contributed by atoms with van der Waals surface area (Å²) >= 11 is 0. The van der Waals surface area contributed by atoms with E-state index in [1.54, 1.807) is 12.1 Å². The van der Waals surface area contributed by atoms with E-state index in [9.17, 15) is 4.39 Å². The molecule has 0 aromatic heterocycles. The molecule has 1 unspecified atom stereocenters. The minimum Gasteiger partial charge on any atom is -0.320 e. The molecule has 0 bridgehead atoms. The normalized spacial score (nSPS) is 18.5. The number of rotatable bonds is 5. The van der Waals surface area contributed by atoms with Crippen LogP contribution in [0.3, 0.4) is 0 Å². The van der Waals surface area contributed by atoms with Crippen molar-refractivity contribution < 1.29 is 4.39 Å². The maximum Gasteiger partial charge on any atom is 0.123 e.